The smallest absolute Gasteiger partial charge is 0.422 e. The van der Waals surface area contributed by atoms with Gasteiger partial charge in [0.2, 0.25) is 5.91 Å². The van der Waals surface area contributed by atoms with Crippen LogP contribution in [0.15, 0.2) is 18.5 Å². The molecule has 3 heterocycles. The average molecular weight is 457 g/mol. The fourth-order valence-electron chi connectivity index (χ4n) is 4.56. The molecule has 7 nitrogen and oxygen atoms in total. The Bertz CT molecular complexity index is 811. The summed E-state index contributed by atoms with van der Waals surface area (Å²) >= 11 is 0. The van der Waals surface area contributed by atoms with Crippen molar-refractivity contribution in [1.82, 2.24) is 20.5 Å². The van der Waals surface area contributed by atoms with E-state index in [2.05, 4.69) is 25.3 Å². The predicted molar refractivity (Wildman–Crippen MR) is 112 cm³/mol. The summed E-state index contributed by atoms with van der Waals surface area (Å²) in [6.07, 6.45) is 1.86. The molecular formula is C22H31F3N4O3. The number of piperidine rings is 1. The number of carbonyl (C=O) groups excluding carboxylic acids is 2. The molecule has 178 valence electrons. The molecule has 2 fully saturated rings. The normalized spacial score (nSPS) is 23.6. The monoisotopic (exact) mass is 456 g/mol. The topological polar surface area (TPSA) is 83.6 Å². The molecular weight excluding hydrogens is 425 g/mol. The summed E-state index contributed by atoms with van der Waals surface area (Å²) in [7, 11) is 0. The summed E-state index contributed by atoms with van der Waals surface area (Å²) in [5.41, 5.74) is -0.105. The summed E-state index contributed by atoms with van der Waals surface area (Å²) in [6, 6.07) is 1.90. The second-order valence-electron chi connectivity index (χ2n) is 9.72. The van der Waals surface area contributed by atoms with Crippen molar-refractivity contribution in [2.24, 2.45) is 5.92 Å². The van der Waals surface area contributed by atoms with Crippen LogP contribution in [0.5, 0.6) is 5.75 Å². The van der Waals surface area contributed by atoms with Gasteiger partial charge in [-0.15, -0.1) is 0 Å². The minimum absolute atomic E-state index is 0.0290. The quantitative estimate of drug-likeness (QED) is 0.659. The molecule has 10 heteroatoms. The van der Waals surface area contributed by atoms with Crippen LogP contribution in [0.1, 0.15) is 56.8 Å². The molecule has 0 aliphatic carbocycles. The highest BCUT2D eigenvalue weighted by Gasteiger charge is 2.41. The van der Waals surface area contributed by atoms with Crippen LogP contribution in [0.4, 0.5) is 13.2 Å². The van der Waals surface area contributed by atoms with Crippen LogP contribution in [0.3, 0.4) is 0 Å². The first-order valence-corrected chi connectivity index (χ1v) is 10.9. The van der Waals surface area contributed by atoms with Crippen molar-refractivity contribution in [3.8, 4) is 5.75 Å². The molecule has 0 unspecified atom stereocenters. The minimum atomic E-state index is -4.46. The van der Waals surface area contributed by atoms with E-state index in [9.17, 15) is 22.8 Å². The number of nitrogens with one attached hydrogen (secondary N) is 2. The third kappa shape index (κ3) is 7.08. The molecule has 2 saturated heterocycles. The Labute approximate surface area is 186 Å². The highest BCUT2D eigenvalue weighted by Crippen LogP contribution is 2.38. The van der Waals surface area contributed by atoms with Crippen LogP contribution in [0, 0.1) is 5.92 Å². The zero-order valence-corrected chi connectivity index (χ0v) is 18.7. The maximum absolute atomic E-state index is 12.5. The minimum Gasteiger partial charge on any atom is -0.482 e. The van der Waals surface area contributed by atoms with Crippen LogP contribution >= 0.6 is 0 Å². The number of ether oxygens (including phenoxy) is 1. The Kier molecular flexibility index (Phi) is 7.32. The molecule has 0 spiro atoms. The first-order valence-electron chi connectivity index (χ1n) is 10.9. The first kappa shape index (κ1) is 24.3. The number of fused-ring (bicyclic) bond motifs is 2. The number of alkyl halides is 3. The van der Waals surface area contributed by atoms with Crippen molar-refractivity contribution in [3.63, 3.8) is 0 Å². The van der Waals surface area contributed by atoms with Gasteiger partial charge in [-0.05, 0) is 58.4 Å². The van der Waals surface area contributed by atoms with Crippen molar-refractivity contribution >= 4 is 11.8 Å². The number of halogens is 3. The molecule has 2 amide bonds. The Morgan fingerprint density at radius 3 is 2.41 bits per heavy atom. The van der Waals surface area contributed by atoms with Gasteiger partial charge in [0.15, 0.2) is 6.61 Å². The molecule has 1 aromatic rings. The molecule has 0 radical (unpaired) electrons. The average Bonchev–Trinajstić information content (AvgIpc) is 2.91. The Hall–Kier alpha value is -2.36. The van der Waals surface area contributed by atoms with Crippen LogP contribution in [-0.4, -0.2) is 65.2 Å². The molecule has 3 atom stereocenters. The van der Waals surface area contributed by atoms with Gasteiger partial charge in [0.25, 0.3) is 5.91 Å². The fourth-order valence-corrected chi connectivity index (χ4v) is 4.56. The van der Waals surface area contributed by atoms with Crippen LogP contribution in [0.2, 0.25) is 0 Å². The lowest BCUT2D eigenvalue weighted by Crippen LogP contribution is -2.52. The standard InChI is InChI=1S/C22H31F3N4O3/c1-21(2,3)28-19(30)12-29-16-4-5-17(29)7-14(6-16)9-27-20(31)15-8-18(11-26-10-15)32-13-22(23,24)25/h8,10-11,14,16-17H,4-7,9,12-13H2,1-3H3,(H,27,31)(H,28,30)/t14-,16-,17+. The van der Waals surface area contributed by atoms with Gasteiger partial charge in [0.05, 0.1) is 18.3 Å². The van der Waals surface area contributed by atoms with E-state index in [1.807, 2.05) is 20.8 Å². The van der Waals surface area contributed by atoms with Crippen LogP contribution in [-0.2, 0) is 4.79 Å². The van der Waals surface area contributed by atoms with Crippen molar-refractivity contribution in [2.75, 3.05) is 19.7 Å². The Morgan fingerprint density at radius 2 is 1.81 bits per heavy atom. The number of rotatable bonds is 7. The highest BCUT2D eigenvalue weighted by molar-refractivity contribution is 5.94. The van der Waals surface area contributed by atoms with E-state index in [4.69, 9.17) is 0 Å². The van der Waals surface area contributed by atoms with Gasteiger partial charge in [0, 0.05) is 30.4 Å². The molecule has 2 aliphatic rings. The predicted octanol–water partition coefficient (Wildman–Crippen LogP) is 2.91. The maximum atomic E-state index is 12.5. The molecule has 2 aliphatic heterocycles. The SMILES string of the molecule is CC(C)(C)NC(=O)CN1[C@@H]2CC[C@H]1C[C@H](CNC(=O)c1cncc(OCC(F)(F)F)c1)C2. The van der Waals surface area contributed by atoms with E-state index >= 15 is 0 Å². The number of pyridine rings is 1. The van der Waals surface area contributed by atoms with Crippen molar-refractivity contribution in [3.05, 3.63) is 24.0 Å². The molecule has 3 rings (SSSR count). The van der Waals surface area contributed by atoms with Gasteiger partial charge in [-0.1, -0.05) is 0 Å². The summed E-state index contributed by atoms with van der Waals surface area (Å²) in [4.78, 5) is 30.9. The van der Waals surface area contributed by atoms with E-state index in [1.165, 1.54) is 12.3 Å². The number of carbonyl (C=O) groups is 2. The molecule has 0 saturated carbocycles. The van der Waals surface area contributed by atoms with Gasteiger partial charge in [-0.25, -0.2) is 0 Å². The van der Waals surface area contributed by atoms with E-state index in [1.54, 1.807) is 0 Å². The maximum Gasteiger partial charge on any atom is 0.422 e. The molecule has 1 aromatic heterocycles. The molecule has 2 bridgehead atoms. The number of hydrogen-bond acceptors (Lipinski definition) is 5. The highest BCUT2D eigenvalue weighted by atomic mass is 19.4. The lowest BCUT2D eigenvalue weighted by atomic mass is 9.90. The second-order valence-corrected chi connectivity index (χ2v) is 9.72. The van der Waals surface area contributed by atoms with Crippen molar-refractivity contribution < 1.29 is 27.5 Å². The molecule has 32 heavy (non-hydrogen) atoms. The van der Waals surface area contributed by atoms with Gasteiger partial charge in [-0.2, -0.15) is 13.2 Å². The number of hydrogen-bond donors (Lipinski definition) is 2. The third-order valence-electron chi connectivity index (χ3n) is 5.75. The van der Waals surface area contributed by atoms with Crippen molar-refractivity contribution in [1.29, 1.82) is 0 Å². The van der Waals surface area contributed by atoms with Gasteiger partial charge in [-0.3, -0.25) is 19.5 Å². The first-order chi connectivity index (χ1) is 14.9. The van der Waals surface area contributed by atoms with Crippen LogP contribution in [0.25, 0.3) is 0 Å². The van der Waals surface area contributed by atoms with Gasteiger partial charge in [0.1, 0.15) is 5.75 Å². The van der Waals surface area contributed by atoms with Crippen LogP contribution < -0.4 is 15.4 Å². The van der Waals surface area contributed by atoms with E-state index < -0.39 is 18.7 Å². The summed E-state index contributed by atoms with van der Waals surface area (Å²) in [5, 5.41) is 5.88. The molecule has 0 aromatic carbocycles. The Balaban J connectivity index is 1.48. The zero-order chi connectivity index (χ0) is 23.5. The molecule has 2 N–H and O–H groups in total. The Morgan fingerprint density at radius 1 is 1.16 bits per heavy atom. The second kappa shape index (κ2) is 9.64. The summed E-state index contributed by atoms with van der Waals surface area (Å²) in [5.74, 6) is -0.179. The van der Waals surface area contributed by atoms with E-state index in [0.717, 1.165) is 31.9 Å². The third-order valence-corrected chi connectivity index (χ3v) is 5.75. The number of nitrogens with zero attached hydrogens (tertiary/aromatic N) is 2. The largest absolute Gasteiger partial charge is 0.482 e. The summed E-state index contributed by atoms with van der Waals surface area (Å²) in [6.45, 7) is 5.31. The van der Waals surface area contributed by atoms with Crippen molar-refractivity contribution in [2.45, 2.75) is 70.3 Å². The lowest BCUT2D eigenvalue weighted by Gasteiger charge is -2.39. The fraction of sp³-hybridized carbons (Fsp3) is 0.682. The summed E-state index contributed by atoms with van der Waals surface area (Å²) < 4.78 is 41.6. The van der Waals surface area contributed by atoms with Gasteiger partial charge < -0.3 is 15.4 Å². The van der Waals surface area contributed by atoms with Gasteiger partial charge >= 0.3 is 6.18 Å². The number of aromatic nitrogens is 1. The van der Waals surface area contributed by atoms with E-state index in [-0.39, 0.29) is 28.7 Å². The lowest BCUT2D eigenvalue weighted by molar-refractivity contribution is -0.153. The van der Waals surface area contributed by atoms with E-state index in [0.29, 0.717) is 25.2 Å². The number of amides is 2. The zero-order valence-electron chi connectivity index (χ0n) is 18.7.